The highest BCUT2D eigenvalue weighted by Gasteiger charge is 2.16. The van der Waals surface area contributed by atoms with Crippen LogP contribution in [0.5, 0.6) is 5.75 Å². The molecular weight excluding hydrogens is 371 g/mol. The Hall–Kier alpha value is -2.61. The Kier molecular flexibility index (Phi) is 6.79. The van der Waals surface area contributed by atoms with Gasteiger partial charge in [0.25, 0.3) is 0 Å². The second-order valence-electron chi connectivity index (χ2n) is 6.65. The third-order valence-electron chi connectivity index (χ3n) is 3.49. The standard InChI is InChI=1S/C19H23FN2O4S/c1-14(2)12-22(19(23)21-17-6-4-5-16(20)11-17)13-15-7-9-18(10-8-15)26-27(3,24)25/h4-11,14H,12-13H2,1-3H3,(H,21,23). The first-order chi connectivity index (χ1) is 12.6. The second-order valence-corrected chi connectivity index (χ2v) is 8.22. The van der Waals surface area contributed by atoms with E-state index in [0.29, 0.717) is 18.8 Å². The first kappa shape index (κ1) is 20.7. The average molecular weight is 394 g/mol. The topological polar surface area (TPSA) is 75.7 Å². The van der Waals surface area contributed by atoms with E-state index in [1.807, 2.05) is 13.8 Å². The summed E-state index contributed by atoms with van der Waals surface area (Å²) < 4.78 is 40.4. The maximum atomic E-state index is 13.3. The summed E-state index contributed by atoms with van der Waals surface area (Å²) in [6.07, 6.45) is 0.974. The molecule has 0 aliphatic carbocycles. The van der Waals surface area contributed by atoms with E-state index in [1.54, 1.807) is 23.1 Å². The SMILES string of the molecule is CC(C)CN(Cc1ccc(OS(C)(=O)=O)cc1)C(=O)Nc1cccc(F)c1. The number of amides is 2. The predicted molar refractivity (Wildman–Crippen MR) is 103 cm³/mol. The highest BCUT2D eigenvalue weighted by atomic mass is 32.2. The molecule has 146 valence electrons. The van der Waals surface area contributed by atoms with Crippen LogP contribution in [0, 0.1) is 11.7 Å². The number of carbonyl (C=O) groups is 1. The fourth-order valence-corrected chi connectivity index (χ4v) is 2.94. The number of urea groups is 1. The molecule has 0 bridgehead atoms. The number of benzene rings is 2. The molecule has 2 aromatic rings. The van der Waals surface area contributed by atoms with Crippen molar-refractivity contribution in [2.24, 2.45) is 5.92 Å². The van der Waals surface area contributed by atoms with Crippen LogP contribution in [0.1, 0.15) is 19.4 Å². The number of carbonyl (C=O) groups excluding carboxylic acids is 1. The summed E-state index contributed by atoms with van der Waals surface area (Å²) in [5.74, 6) is 0.0154. The molecule has 0 unspecified atom stereocenters. The van der Waals surface area contributed by atoms with Gasteiger partial charge in [-0.2, -0.15) is 8.42 Å². The number of halogens is 1. The Morgan fingerprint density at radius 1 is 1.19 bits per heavy atom. The minimum Gasteiger partial charge on any atom is -0.383 e. The van der Waals surface area contributed by atoms with Crippen LogP contribution in [-0.4, -0.2) is 32.1 Å². The number of nitrogens with one attached hydrogen (secondary N) is 1. The van der Waals surface area contributed by atoms with Crippen LogP contribution < -0.4 is 9.50 Å². The third-order valence-corrected chi connectivity index (χ3v) is 3.99. The molecule has 0 saturated heterocycles. The molecule has 6 nitrogen and oxygen atoms in total. The van der Waals surface area contributed by atoms with Crippen LogP contribution in [0.4, 0.5) is 14.9 Å². The largest absolute Gasteiger partial charge is 0.383 e. The monoisotopic (exact) mass is 394 g/mol. The van der Waals surface area contributed by atoms with Gasteiger partial charge in [0.05, 0.1) is 6.26 Å². The lowest BCUT2D eigenvalue weighted by Crippen LogP contribution is -2.37. The van der Waals surface area contributed by atoms with Crippen molar-refractivity contribution in [1.29, 1.82) is 0 Å². The lowest BCUT2D eigenvalue weighted by molar-refractivity contribution is 0.201. The lowest BCUT2D eigenvalue weighted by atomic mass is 10.1. The van der Waals surface area contributed by atoms with Gasteiger partial charge in [-0.25, -0.2) is 9.18 Å². The van der Waals surface area contributed by atoms with Crippen molar-refractivity contribution in [1.82, 2.24) is 4.90 Å². The van der Waals surface area contributed by atoms with Crippen molar-refractivity contribution in [3.63, 3.8) is 0 Å². The Morgan fingerprint density at radius 3 is 2.41 bits per heavy atom. The van der Waals surface area contributed by atoms with Crippen molar-refractivity contribution >= 4 is 21.8 Å². The predicted octanol–water partition coefficient (Wildman–Crippen LogP) is 3.85. The molecule has 2 aromatic carbocycles. The Labute approximate surface area is 159 Å². The summed E-state index contributed by atoms with van der Waals surface area (Å²) in [7, 11) is -3.59. The zero-order valence-corrected chi connectivity index (χ0v) is 16.3. The van der Waals surface area contributed by atoms with Crippen LogP contribution in [0.15, 0.2) is 48.5 Å². The van der Waals surface area contributed by atoms with Crippen molar-refractivity contribution in [2.45, 2.75) is 20.4 Å². The van der Waals surface area contributed by atoms with Crippen molar-refractivity contribution in [2.75, 3.05) is 18.1 Å². The number of anilines is 1. The molecule has 8 heteroatoms. The highest BCUT2D eigenvalue weighted by molar-refractivity contribution is 7.86. The van der Waals surface area contributed by atoms with Gasteiger partial charge in [0, 0.05) is 18.8 Å². The molecule has 2 amide bonds. The quantitative estimate of drug-likeness (QED) is 0.724. The smallest absolute Gasteiger partial charge is 0.322 e. The summed E-state index contributed by atoms with van der Waals surface area (Å²) in [5, 5.41) is 2.69. The van der Waals surface area contributed by atoms with E-state index in [-0.39, 0.29) is 17.7 Å². The van der Waals surface area contributed by atoms with Gasteiger partial charge in [-0.15, -0.1) is 0 Å². The van der Waals surface area contributed by atoms with Gasteiger partial charge in [-0.3, -0.25) is 0 Å². The summed E-state index contributed by atoms with van der Waals surface area (Å²) in [6, 6.07) is 11.8. The van der Waals surface area contributed by atoms with E-state index in [2.05, 4.69) is 5.32 Å². The summed E-state index contributed by atoms with van der Waals surface area (Å²) in [5.41, 5.74) is 1.19. The van der Waals surface area contributed by atoms with Gasteiger partial charge in [0.2, 0.25) is 0 Å². The van der Waals surface area contributed by atoms with Gasteiger partial charge in [0.15, 0.2) is 0 Å². The summed E-state index contributed by atoms with van der Waals surface area (Å²) in [6.45, 7) is 4.80. The van der Waals surface area contributed by atoms with Gasteiger partial charge in [-0.05, 0) is 41.8 Å². The maximum absolute atomic E-state index is 13.3. The zero-order valence-electron chi connectivity index (χ0n) is 15.5. The second kappa shape index (κ2) is 8.85. The van der Waals surface area contributed by atoms with Crippen LogP contribution in [-0.2, 0) is 16.7 Å². The molecule has 27 heavy (non-hydrogen) atoms. The fourth-order valence-electron chi connectivity index (χ4n) is 2.47. The average Bonchev–Trinajstić information content (AvgIpc) is 2.54. The van der Waals surface area contributed by atoms with Crippen LogP contribution in [0.3, 0.4) is 0 Å². The molecule has 0 fully saturated rings. The van der Waals surface area contributed by atoms with Gasteiger partial charge in [0.1, 0.15) is 11.6 Å². The molecule has 2 rings (SSSR count). The fraction of sp³-hybridized carbons (Fsp3) is 0.316. The lowest BCUT2D eigenvalue weighted by Gasteiger charge is -2.25. The Balaban J connectivity index is 2.10. The van der Waals surface area contributed by atoms with Gasteiger partial charge in [-0.1, -0.05) is 32.0 Å². The molecule has 0 heterocycles. The van der Waals surface area contributed by atoms with Crippen LogP contribution in [0.25, 0.3) is 0 Å². The molecular formula is C19H23FN2O4S. The minimum absolute atomic E-state index is 0.209. The molecule has 0 aromatic heterocycles. The number of hydrogen-bond donors (Lipinski definition) is 1. The molecule has 0 aliphatic rings. The van der Waals surface area contributed by atoms with Crippen LogP contribution >= 0.6 is 0 Å². The van der Waals surface area contributed by atoms with E-state index in [4.69, 9.17) is 4.18 Å². The summed E-state index contributed by atoms with van der Waals surface area (Å²) >= 11 is 0. The van der Waals surface area contributed by atoms with Crippen molar-refractivity contribution in [3.8, 4) is 5.75 Å². The molecule has 0 aliphatic heterocycles. The van der Waals surface area contributed by atoms with Crippen molar-refractivity contribution < 1.29 is 21.8 Å². The first-order valence-electron chi connectivity index (χ1n) is 8.42. The Morgan fingerprint density at radius 2 is 1.85 bits per heavy atom. The molecule has 0 atom stereocenters. The van der Waals surface area contributed by atoms with Gasteiger partial charge >= 0.3 is 16.1 Å². The number of nitrogens with zero attached hydrogens (tertiary/aromatic N) is 1. The highest BCUT2D eigenvalue weighted by Crippen LogP contribution is 2.17. The molecule has 1 N–H and O–H groups in total. The number of hydrogen-bond acceptors (Lipinski definition) is 4. The molecule has 0 saturated carbocycles. The van der Waals surface area contributed by atoms with E-state index >= 15 is 0 Å². The molecule has 0 radical (unpaired) electrons. The normalized spacial score (nSPS) is 11.3. The minimum atomic E-state index is -3.59. The molecule has 0 spiro atoms. The van der Waals surface area contributed by atoms with Gasteiger partial charge < -0.3 is 14.4 Å². The van der Waals surface area contributed by atoms with Crippen LogP contribution in [0.2, 0.25) is 0 Å². The van der Waals surface area contributed by atoms with E-state index < -0.39 is 15.9 Å². The third kappa shape index (κ3) is 7.26. The number of rotatable bonds is 7. The van der Waals surface area contributed by atoms with Crippen molar-refractivity contribution in [3.05, 3.63) is 59.9 Å². The van der Waals surface area contributed by atoms with E-state index in [9.17, 15) is 17.6 Å². The first-order valence-corrected chi connectivity index (χ1v) is 10.2. The van der Waals surface area contributed by atoms with E-state index in [1.165, 1.54) is 30.3 Å². The van der Waals surface area contributed by atoms with E-state index in [0.717, 1.165) is 11.8 Å². The Bertz CT molecular complexity index is 883. The maximum Gasteiger partial charge on any atom is 0.322 e. The zero-order chi connectivity index (χ0) is 20.0. The summed E-state index contributed by atoms with van der Waals surface area (Å²) in [4.78, 5) is 14.2.